The molecule has 2 aromatic carbocycles. The van der Waals surface area contributed by atoms with Crippen LogP contribution in [0.25, 0.3) is 0 Å². The van der Waals surface area contributed by atoms with Crippen LogP contribution < -0.4 is 5.32 Å². The molecule has 0 heterocycles. The molecule has 0 unspecified atom stereocenters. The summed E-state index contributed by atoms with van der Waals surface area (Å²) < 4.78 is 0. The SMILES string of the molecule is Cc1cc(O)ccc1NCc1cccc(Cl)c1. The minimum absolute atomic E-state index is 0.288. The van der Waals surface area contributed by atoms with Gasteiger partial charge in [0.15, 0.2) is 0 Å². The molecule has 2 aromatic rings. The zero-order valence-corrected chi connectivity index (χ0v) is 10.3. The van der Waals surface area contributed by atoms with Gasteiger partial charge in [0.2, 0.25) is 0 Å². The quantitative estimate of drug-likeness (QED) is 0.805. The van der Waals surface area contributed by atoms with E-state index in [1.807, 2.05) is 37.3 Å². The van der Waals surface area contributed by atoms with E-state index in [9.17, 15) is 5.11 Å². The molecule has 3 heteroatoms. The average molecular weight is 248 g/mol. The molecule has 0 saturated heterocycles. The van der Waals surface area contributed by atoms with Crippen LogP contribution in [0.2, 0.25) is 5.02 Å². The second-order valence-corrected chi connectivity index (χ2v) is 4.42. The average Bonchev–Trinajstić information content (AvgIpc) is 2.28. The van der Waals surface area contributed by atoms with Crippen LogP contribution in [0.5, 0.6) is 5.75 Å². The van der Waals surface area contributed by atoms with E-state index in [2.05, 4.69) is 5.32 Å². The van der Waals surface area contributed by atoms with Gasteiger partial charge in [0, 0.05) is 17.3 Å². The van der Waals surface area contributed by atoms with E-state index in [0.29, 0.717) is 6.54 Å². The lowest BCUT2D eigenvalue weighted by Gasteiger charge is -2.10. The summed E-state index contributed by atoms with van der Waals surface area (Å²) in [5.74, 6) is 0.288. The topological polar surface area (TPSA) is 32.3 Å². The summed E-state index contributed by atoms with van der Waals surface area (Å²) in [7, 11) is 0. The van der Waals surface area contributed by atoms with Crippen molar-refractivity contribution in [2.45, 2.75) is 13.5 Å². The van der Waals surface area contributed by atoms with Gasteiger partial charge in [-0.1, -0.05) is 23.7 Å². The number of anilines is 1. The number of phenolic OH excluding ortho intramolecular Hbond substituents is 1. The maximum absolute atomic E-state index is 9.31. The van der Waals surface area contributed by atoms with Crippen LogP contribution >= 0.6 is 11.6 Å². The van der Waals surface area contributed by atoms with Crippen LogP contribution in [0.15, 0.2) is 42.5 Å². The normalized spacial score (nSPS) is 10.2. The third kappa shape index (κ3) is 3.14. The molecule has 0 atom stereocenters. The van der Waals surface area contributed by atoms with Gasteiger partial charge in [-0.25, -0.2) is 0 Å². The molecular weight excluding hydrogens is 234 g/mol. The Hall–Kier alpha value is -1.67. The minimum atomic E-state index is 0.288. The maximum atomic E-state index is 9.31. The molecule has 0 aromatic heterocycles. The van der Waals surface area contributed by atoms with Gasteiger partial charge in [-0.05, 0) is 48.4 Å². The second-order valence-electron chi connectivity index (χ2n) is 3.98. The van der Waals surface area contributed by atoms with Crippen LogP contribution in [-0.4, -0.2) is 5.11 Å². The van der Waals surface area contributed by atoms with E-state index in [-0.39, 0.29) is 5.75 Å². The molecule has 0 radical (unpaired) electrons. The van der Waals surface area contributed by atoms with Crippen molar-refractivity contribution in [1.82, 2.24) is 0 Å². The van der Waals surface area contributed by atoms with Crippen LogP contribution in [0, 0.1) is 6.92 Å². The Labute approximate surface area is 106 Å². The molecule has 2 N–H and O–H groups in total. The highest BCUT2D eigenvalue weighted by Gasteiger charge is 1.99. The fraction of sp³-hybridized carbons (Fsp3) is 0.143. The molecule has 2 rings (SSSR count). The number of hydrogen-bond donors (Lipinski definition) is 2. The molecule has 17 heavy (non-hydrogen) atoms. The van der Waals surface area contributed by atoms with Crippen molar-refractivity contribution >= 4 is 17.3 Å². The Balaban J connectivity index is 2.07. The zero-order valence-electron chi connectivity index (χ0n) is 9.57. The largest absolute Gasteiger partial charge is 0.508 e. The first-order chi connectivity index (χ1) is 8.15. The lowest BCUT2D eigenvalue weighted by Crippen LogP contribution is -2.00. The number of hydrogen-bond acceptors (Lipinski definition) is 2. The first-order valence-electron chi connectivity index (χ1n) is 5.43. The third-order valence-corrected chi connectivity index (χ3v) is 2.82. The Morgan fingerprint density at radius 1 is 1.18 bits per heavy atom. The van der Waals surface area contributed by atoms with Crippen molar-refractivity contribution < 1.29 is 5.11 Å². The zero-order chi connectivity index (χ0) is 12.3. The second kappa shape index (κ2) is 5.11. The molecule has 0 fully saturated rings. The van der Waals surface area contributed by atoms with Gasteiger partial charge in [0.1, 0.15) is 5.75 Å². The van der Waals surface area contributed by atoms with Crippen molar-refractivity contribution in [3.8, 4) is 5.75 Å². The number of phenols is 1. The van der Waals surface area contributed by atoms with Crippen LogP contribution in [0.4, 0.5) is 5.69 Å². The lowest BCUT2D eigenvalue weighted by atomic mass is 10.1. The Bertz CT molecular complexity index is 525. The third-order valence-electron chi connectivity index (χ3n) is 2.58. The molecule has 88 valence electrons. The monoisotopic (exact) mass is 247 g/mol. The summed E-state index contributed by atoms with van der Waals surface area (Å²) in [4.78, 5) is 0. The standard InChI is InChI=1S/C14H14ClNO/c1-10-7-13(17)5-6-14(10)16-9-11-3-2-4-12(15)8-11/h2-8,16-17H,9H2,1H3. The van der Waals surface area contributed by atoms with Crippen molar-refractivity contribution in [2.75, 3.05) is 5.32 Å². The minimum Gasteiger partial charge on any atom is -0.508 e. The number of benzene rings is 2. The molecule has 0 aliphatic rings. The van der Waals surface area contributed by atoms with Gasteiger partial charge in [0.25, 0.3) is 0 Å². The van der Waals surface area contributed by atoms with Gasteiger partial charge < -0.3 is 10.4 Å². The molecule has 0 saturated carbocycles. The molecule has 0 aliphatic carbocycles. The summed E-state index contributed by atoms with van der Waals surface area (Å²) in [6.45, 7) is 2.67. The molecule has 0 bridgehead atoms. The summed E-state index contributed by atoms with van der Waals surface area (Å²) >= 11 is 5.92. The van der Waals surface area contributed by atoms with Crippen LogP contribution in [0.3, 0.4) is 0 Å². The molecule has 0 aliphatic heterocycles. The number of rotatable bonds is 3. The summed E-state index contributed by atoms with van der Waals surface area (Å²) in [6.07, 6.45) is 0. The van der Waals surface area contributed by atoms with Gasteiger partial charge in [0.05, 0.1) is 0 Å². The summed E-state index contributed by atoms with van der Waals surface area (Å²) in [6, 6.07) is 13.0. The van der Waals surface area contributed by atoms with Crippen LogP contribution in [0.1, 0.15) is 11.1 Å². The first kappa shape index (κ1) is 11.8. The van der Waals surface area contributed by atoms with E-state index in [0.717, 1.165) is 21.8 Å². The molecule has 2 nitrogen and oxygen atoms in total. The van der Waals surface area contributed by atoms with Crippen molar-refractivity contribution in [3.63, 3.8) is 0 Å². The predicted molar refractivity (Wildman–Crippen MR) is 71.6 cm³/mol. The van der Waals surface area contributed by atoms with Crippen molar-refractivity contribution in [2.24, 2.45) is 0 Å². The van der Waals surface area contributed by atoms with Gasteiger partial charge in [-0.15, -0.1) is 0 Å². The highest BCUT2D eigenvalue weighted by atomic mass is 35.5. The predicted octanol–water partition coefficient (Wildman–Crippen LogP) is 3.97. The molecule has 0 spiro atoms. The van der Waals surface area contributed by atoms with Crippen molar-refractivity contribution in [1.29, 1.82) is 0 Å². The molecular formula is C14H14ClNO. The number of halogens is 1. The Morgan fingerprint density at radius 2 is 2.00 bits per heavy atom. The first-order valence-corrected chi connectivity index (χ1v) is 5.81. The van der Waals surface area contributed by atoms with E-state index in [4.69, 9.17) is 11.6 Å². The smallest absolute Gasteiger partial charge is 0.115 e. The van der Waals surface area contributed by atoms with Gasteiger partial charge in [-0.2, -0.15) is 0 Å². The van der Waals surface area contributed by atoms with Crippen LogP contribution in [-0.2, 0) is 6.54 Å². The van der Waals surface area contributed by atoms with E-state index in [1.54, 1.807) is 12.1 Å². The number of aryl methyl sites for hydroxylation is 1. The van der Waals surface area contributed by atoms with E-state index >= 15 is 0 Å². The van der Waals surface area contributed by atoms with E-state index < -0.39 is 0 Å². The summed E-state index contributed by atoms with van der Waals surface area (Å²) in [5, 5.41) is 13.4. The van der Waals surface area contributed by atoms with Gasteiger partial charge >= 0.3 is 0 Å². The van der Waals surface area contributed by atoms with Crippen molar-refractivity contribution in [3.05, 3.63) is 58.6 Å². The van der Waals surface area contributed by atoms with Gasteiger partial charge in [-0.3, -0.25) is 0 Å². The fourth-order valence-corrected chi connectivity index (χ4v) is 1.90. The Kier molecular flexibility index (Phi) is 3.55. The number of nitrogens with one attached hydrogen (secondary N) is 1. The fourth-order valence-electron chi connectivity index (χ4n) is 1.69. The lowest BCUT2D eigenvalue weighted by molar-refractivity contribution is 0.475. The molecule has 0 amide bonds. The Morgan fingerprint density at radius 3 is 2.71 bits per heavy atom. The maximum Gasteiger partial charge on any atom is 0.115 e. The summed E-state index contributed by atoms with van der Waals surface area (Å²) in [5.41, 5.74) is 3.17. The highest BCUT2D eigenvalue weighted by Crippen LogP contribution is 2.21. The highest BCUT2D eigenvalue weighted by molar-refractivity contribution is 6.30. The van der Waals surface area contributed by atoms with E-state index in [1.165, 1.54) is 0 Å². The number of aromatic hydroxyl groups is 1.